The zero-order chi connectivity index (χ0) is 22.5. The van der Waals surface area contributed by atoms with E-state index in [2.05, 4.69) is 76.8 Å². The van der Waals surface area contributed by atoms with Gasteiger partial charge in [-0.2, -0.15) is 5.10 Å². The first kappa shape index (κ1) is 21.6. The number of carbonyl (C=O) groups is 1. The van der Waals surface area contributed by atoms with E-state index in [1.54, 1.807) is 0 Å². The molecule has 0 radical (unpaired) electrons. The second kappa shape index (κ2) is 9.68. The maximum absolute atomic E-state index is 11.8. The summed E-state index contributed by atoms with van der Waals surface area (Å²) in [6.45, 7) is 6.40. The number of rotatable bonds is 9. The number of carbonyl (C=O) groups excluding carboxylic acids is 1. The van der Waals surface area contributed by atoms with Crippen LogP contribution in [-0.2, 0) is 12.8 Å². The van der Waals surface area contributed by atoms with Gasteiger partial charge in [-0.05, 0) is 53.8 Å². The molecule has 164 valence electrons. The maximum Gasteiger partial charge on any atom is 0.180 e. The molecule has 0 saturated carbocycles. The van der Waals surface area contributed by atoms with Gasteiger partial charge in [0, 0.05) is 29.3 Å². The molecular formula is C25H28N6O. The van der Waals surface area contributed by atoms with Gasteiger partial charge in [0.05, 0.1) is 0 Å². The number of aromatic amines is 1. The summed E-state index contributed by atoms with van der Waals surface area (Å²) < 4.78 is 2.02. The lowest BCUT2D eigenvalue weighted by atomic mass is 9.95. The number of tetrazole rings is 1. The van der Waals surface area contributed by atoms with Crippen LogP contribution in [0.15, 0.2) is 48.5 Å². The summed E-state index contributed by atoms with van der Waals surface area (Å²) in [5.74, 6) is 0.641. The van der Waals surface area contributed by atoms with Crippen molar-refractivity contribution in [3.8, 4) is 22.5 Å². The van der Waals surface area contributed by atoms with E-state index in [-0.39, 0.29) is 6.04 Å². The average Bonchev–Trinajstić information content (AvgIpc) is 3.47. The van der Waals surface area contributed by atoms with E-state index in [9.17, 15) is 4.79 Å². The topological polar surface area (TPSA) is 89.3 Å². The summed E-state index contributed by atoms with van der Waals surface area (Å²) in [5.41, 5.74) is 7.02. The van der Waals surface area contributed by atoms with E-state index in [4.69, 9.17) is 0 Å². The van der Waals surface area contributed by atoms with Crippen molar-refractivity contribution >= 4 is 6.29 Å². The highest BCUT2D eigenvalue weighted by Gasteiger charge is 2.19. The molecule has 0 atom stereocenters. The van der Waals surface area contributed by atoms with E-state index in [1.165, 1.54) is 5.69 Å². The molecule has 1 N–H and O–H groups in total. The summed E-state index contributed by atoms with van der Waals surface area (Å²) in [7, 11) is 0. The van der Waals surface area contributed by atoms with Gasteiger partial charge >= 0.3 is 0 Å². The van der Waals surface area contributed by atoms with Crippen molar-refractivity contribution in [2.24, 2.45) is 0 Å². The third-order valence-corrected chi connectivity index (χ3v) is 5.69. The molecule has 2 aromatic heterocycles. The van der Waals surface area contributed by atoms with Gasteiger partial charge < -0.3 is 0 Å². The Morgan fingerprint density at radius 1 is 1.06 bits per heavy atom. The number of H-pyrrole nitrogens is 1. The average molecular weight is 429 g/mol. The highest BCUT2D eigenvalue weighted by molar-refractivity contribution is 5.80. The van der Waals surface area contributed by atoms with Gasteiger partial charge in [0.1, 0.15) is 5.69 Å². The van der Waals surface area contributed by atoms with Crippen LogP contribution in [0, 0.1) is 0 Å². The van der Waals surface area contributed by atoms with Crippen molar-refractivity contribution in [3.63, 3.8) is 0 Å². The Kier molecular flexibility index (Phi) is 6.54. The molecular weight excluding hydrogens is 400 g/mol. The molecule has 32 heavy (non-hydrogen) atoms. The predicted octanol–water partition coefficient (Wildman–Crippen LogP) is 5.06. The van der Waals surface area contributed by atoms with Crippen LogP contribution in [0.2, 0.25) is 0 Å². The van der Waals surface area contributed by atoms with E-state index in [0.717, 1.165) is 53.4 Å². The smallest absolute Gasteiger partial charge is 0.180 e. The molecule has 0 bridgehead atoms. The lowest BCUT2D eigenvalue weighted by Crippen LogP contribution is -2.09. The summed E-state index contributed by atoms with van der Waals surface area (Å²) in [5, 5.41) is 18.9. The van der Waals surface area contributed by atoms with Gasteiger partial charge in [-0.15, -0.1) is 5.10 Å². The zero-order valence-corrected chi connectivity index (χ0v) is 18.7. The lowest BCUT2D eigenvalue weighted by Gasteiger charge is -2.13. The Balaban J connectivity index is 1.65. The summed E-state index contributed by atoms with van der Waals surface area (Å²) in [4.78, 5) is 11.8. The molecule has 2 heterocycles. The van der Waals surface area contributed by atoms with Crippen molar-refractivity contribution in [3.05, 3.63) is 71.0 Å². The van der Waals surface area contributed by atoms with Crippen LogP contribution in [0.3, 0.4) is 0 Å². The molecule has 7 heteroatoms. The van der Waals surface area contributed by atoms with Gasteiger partial charge in [-0.1, -0.05) is 61.9 Å². The highest BCUT2D eigenvalue weighted by Crippen LogP contribution is 2.30. The van der Waals surface area contributed by atoms with Crippen LogP contribution in [0.5, 0.6) is 0 Å². The van der Waals surface area contributed by atoms with Gasteiger partial charge in [-0.3, -0.25) is 9.48 Å². The number of benzene rings is 2. The molecule has 0 spiro atoms. The summed E-state index contributed by atoms with van der Waals surface area (Å²) in [6.07, 6.45) is 4.69. The van der Waals surface area contributed by atoms with Gasteiger partial charge in [0.15, 0.2) is 12.1 Å². The first-order valence-electron chi connectivity index (χ1n) is 11.1. The minimum absolute atomic E-state index is 0.221. The Morgan fingerprint density at radius 2 is 1.81 bits per heavy atom. The third-order valence-electron chi connectivity index (χ3n) is 5.69. The molecule has 0 aliphatic carbocycles. The maximum atomic E-state index is 11.8. The first-order valence-corrected chi connectivity index (χ1v) is 11.1. The number of aromatic nitrogens is 6. The van der Waals surface area contributed by atoms with Crippen molar-refractivity contribution in [1.29, 1.82) is 0 Å². The number of aldehydes is 1. The molecule has 4 rings (SSSR count). The summed E-state index contributed by atoms with van der Waals surface area (Å²) >= 11 is 0. The normalized spacial score (nSPS) is 11.2. The molecule has 0 amide bonds. The molecule has 0 aliphatic rings. The van der Waals surface area contributed by atoms with Crippen LogP contribution in [0.4, 0.5) is 0 Å². The SMILES string of the molecule is CCCCc1c(Cc2ccc(-c3ccccc3-c3nnn[nH]3)cc2)c(C=O)nn1C(C)C. The fourth-order valence-corrected chi connectivity index (χ4v) is 4.07. The monoisotopic (exact) mass is 428 g/mol. The number of nitrogens with zero attached hydrogens (tertiary/aromatic N) is 5. The number of hydrogen-bond donors (Lipinski definition) is 1. The first-order chi connectivity index (χ1) is 15.6. The molecule has 0 saturated heterocycles. The molecule has 4 aromatic rings. The molecule has 0 fully saturated rings. The molecule has 0 unspecified atom stereocenters. The fourth-order valence-electron chi connectivity index (χ4n) is 4.07. The van der Waals surface area contributed by atoms with Crippen LogP contribution < -0.4 is 0 Å². The Labute approximate surface area is 187 Å². The predicted molar refractivity (Wildman–Crippen MR) is 124 cm³/mol. The second-order valence-electron chi connectivity index (χ2n) is 8.24. The van der Waals surface area contributed by atoms with Gasteiger partial charge in [0.25, 0.3) is 0 Å². The third kappa shape index (κ3) is 4.37. The van der Waals surface area contributed by atoms with Crippen LogP contribution in [0.25, 0.3) is 22.5 Å². The second-order valence-corrected chi connectivity index (χ2v) is 8.24. The number of hydrogen-bond acceptors (Lipinski definition) is 5. The largest absolute Gasteiger partial charge is 0.296 e. The van der Waals surface area contributed by atoms with Crippen LogP contribution in [0.1, 0.15) is 67.0 Å². The zero-order valence-electron chi connectivity index (χ0n) is 18.7. The fraction of sp³-hybridized carbons (Fsp3) is 0.320. The Morgan fingerprint density at radius 3 is 2.44 bits per heavy atom. The molecule has 2 aromatic carbocycles. The molecule has 0 aliphatic heterocycles. The van der Waals surface area contributed by atoms with Crippen molar-refractivity contribution in [2.75, 3.05) is 0 Å². The van der Waals surface area contributed by atoms with E-state index < -0.39 is 0 Å². The standard InChI is InChI=1S/C25H28N6O/c1-4-5-10-24-22(23(16-32)28-31(24)17(2)3)15-18-11-13-19(14-12-18)20-8-6-7-9-21(20)25-26-29-30-27-25/h6-9,11-14,16-17H,4-5,10,15H2,1-3H3,(H,26,27,29,30). The Hall–Kier alpha value is -3.61. The number of nitrogens with one attached hydrogen (secondary N) is 1. The Bertz CT molecular complexity index is 1180. The van der Waals surface area contributed by atoms with E-state index in [0.29, 0.717) is 17.9 Å². The van der Waals surface area contributed by atoms with E-state index >= 15 is 0 Å². The number of unbranched alkanes of at least 4 members (excludes halogenated alkanes) is 1. The minimum Gasteiger partial charge on any atom is -0.296 e. The molecule has 7 nitrogen and oxygen atoms in total. The lowest BCUT2D eigenvalue weighted by molar-refractivity contribution is 0.111. The van der Waals surface area contributed by atoms with Crippen molar-refractivity contribution in [2.45, 2.75) is 52.5 Å². The van der Waals surface area contributed by atoms with Crippen molar-refractivity contribution in [1.82, 2.24) is 30.4 Å². The van der Waals surface area contributed by atoms with E-state index in [1.807, 2.05) is 22.9 Å². The van der Waals surface area contributed by atoms with Crippen molar-refractivity contribution < 1.29 is 4.79 Å². The summed E-state index contributed by atoms with van der Waals surface area (Å²) in [6, 6.07) is 16.7. The quantitative estimate of drug-likeness (QED) is 0.377. The van der Waals surface area contributed by atoms with Crippen LogP contribution >= 0.6 is 0 Å². The van der Waals surface area contributed by atoms with Gasteiger partial charge in [-0.25, -0.2) is 5.10 Å². The highest BCUT2D eigenvalue weighted by atomic mass is 16.1. The van der Waals surface area contributed by atoms with Gasteiger partial charge in [0.2, 0.25) is 0 Å². The van der Waals surface area contributed by atoms with Crippen LogP contribution in [-0.4, -0.2) is 36.7 Å². The minimum atomic E-state index is 0.221.